The van der Waals surface area contributed by atoms with Crippen LogP contribution in [0.3, 0.4) is 0 Å². The molecule has 0 fully saturated rings. The van der Waals surface area contributed by atoms with E-state index in [4.69, 9.17) is 18.0 Å². The number of thiocarbonyl (C=S) groups is 1. The molecule has 2 atom stereocenters. The minimum atomic E-state index is -0.396. The maximum atomic E-state index is 11.6. The van der Waals surface area contributed by atoms with Crippen molar-refractivity contribution < 1.29 is 4.79 Å². The van der Waals surface area contributed by atoms with Gasteiger partial charge in [0.2, 0.25) is 5.91 Å². The fraction of sp³-hybridized carbons (Fsp3) is 0.429. The number of rotatable bonds is 6. The van der Waals surface area contributed by atoms with Crippen molar-refractivity contribution in [3.05, 3.63) is 35.9 Å². The standard InChI is InChI=1S/C14H20N2OS/c1-10(12-6-4-3-5-7-12)8-9-16-14(17)11(2)13(15)18/h3-7,10-11H,8-9H2,1-2H3,(H2,15,18)(H,16,17). The summed E-state index contributed by atoms with van der Waals surface area (Å²) in [5.41, 5.74) is 6.72. The van der Waals surface area contributed by atoms with Gasteiger partial charge in [-0.05, 0) is 24.8 Å². The lowest BCUT2D eigenvalue weighted by Gasteiger charge is -2.14. The molecular weight excluding hydrogens is 244 g/mol. The smallest absolute Gasteiger partial charge is 0.229 e. The van der Waals surface area contributed by atoms with Crippen LogP contribution in [0, 0.1) is 5.92 Å². The molecule has 0 radical (unpaired) electrons. The molecule has 0 aliphatic rings. The van der Waals surface area contributed by atoms with Crippen molar-refractivity contribution in [1.29, 1.82) is 0 Å². The Morgan fingerprint density at radius 2 is 1.94 bits per heavy atom. The highest BCUT2D eigenvalue weighted by Gasteiger charge is 2.15. The number of nitrogens with two attached hydrogens (primary N) is 1. The topological polar surface area (TPSA) is 55.1 Å². The fourth-order valence-electron chi connectivity index (χ4n) is 1.64. The molecule has 1 amide bonds. The molecule has 1 rings (SSSR count). The Hall–Kier alpha value is -1.42. The van der Waals surface area contributed by atoms with Crippen molar-refractivity contribution in [3.63, 3.8) is 0 Å². The van der Waals surface area contributed by atoms with Gasteiger partial charge in [-0.15, -0.1) is 0 Å². The lowest BCUT2D eigenvalue weighted by molar-refractivity contribution is -0.122. The maximum Gasteiger partial charge on any atom is 0.229 e. The molecule has 3 N–H and O–H groups in total. The van der Waals surface area contributed by atoms with Gasteiger partial charge >= 0.3 is 0 Å². The van der Waals surface area contributed by atoms with Crippen LogP contribution < -0.4 is 11.1 Å². The van der Waals surface area contributed by atoms with Crippen LogP contribution in [0.25, 0.3) is 0 Å². The summed E-state index contributed by atoms with van der Waals surface area (Å²) in [6, 6.07) is 10.3. The molecular formula is C14H20N2OS. The zero-order valence-electron chi connectivity index (χ0n) is 10.8. The molecule has 0 aliphatic carbocycles. The van der Waals surface area contributed by atoms with E-state index in [1.165, 1.54) is 5.56 Å². The molecule has 0 heterocycles. The zero-order valence-corrected chi connectivity index (χ0v) is 11.7. The van der Waals surface area contributed by atoms with Crippen LogP contribution in [0.1, 0.15) is 31.7 Å². The van der Waals surface area contributed by atoms with E-state index >= 15 is 0 Å². The molecule has 0 aliphatic heterocycles. The second-order valence-electron chi connectivity index (χ2n) is 4.52. The molecule has 1 aromatic rings. The summed E-state index contributed by atoms with van der Waals surface area (Å²) in [4.78, 5) is 11.9. The van der Waals surface area contributed by atoms with E-state index in [0.29, 0.717) is 12.5 Å². The van der Waals surface area contributed by atoms with Crippen LogP contribution in [0.2, 0.25) is 0 Å². The minimum absolute atomic E-state index is 0.0947. The normalized spacial score (nSPS) is 13.7. The van der Waals surface area contributed by atoms with Gasteiger partial charge in [0.15, 0.2) is 0 Å². The Morgan fingerprint density at radius 1 is 1.33 bits per heavy atom. The van der Waals surface area contributed by atoms with E-state index in [2.05, 4.69) is 24.4 Å². The highest BCUT2D eigenvalue weighted by Crippen LogP contribution is 2.17. The van der Waals surface area contributed by atoms with E-state index in [-0.39, 0.29) is 10.9 Å². The van der Waals surface area contributed by atoms with Crippen LogP contribution in [-0.4, -0.2) is 17.4 Å². The third-order valence-corrected chi connectivity index (χ3v) is 3.42. The van der Waals surface area contributed by atoms with E-state index in [0.717, 1.165) is 6.42 Å². The number of carbonyl (C=O) groups is 1. The second-order valence-corrected chi connectivity index (χ2v) is 4.99. The van der Waals surface area contributed by atoms with Crippen molar-refractivity contribution in [3.8, 4) is 0 Å². The number of benzene rings is 1. The molecule has 0 bridgehead atoms. The third-order valence-electron chi connectivity index (χ3n) is 3.07. The molecule has 0 spiro atoms. The minimum Gasteiger partial charge on any atom is -0.393 e. The molecule has 1 aromatic carbocycles. The maximum absolute atomic E-state index is 11.6. The van der Waals surface area contributed by atoms with Crippen molar-refractivity contribution in [2.45, 2.75) is 26.2 Å². The Morgan fingerprint density at radius 3 is 2.50 bits per heavy atom. The van der Waals surface area contributed by atoms with E-state index in [1.807, 2.05) is 18.2 Å². The lowest BCUT2D eigenvalue weighted by Crippen LogP contribution is -2.36. The number of hydrogen-bond donors (Lipinski definition) is 2. The van der Waals surface area contributed by atoms with Crippen LogP contribution in [-0.2, 0) is 4.79 Å². The first-order chi connectivity index (χ1) is 8.52. The summed E-state index contributed by atoms with van der Waals surface area (Å²) in [5.74, 6) is -0.0681. The van der Waals surface area contributed by atoms with Crippen LogP contribution >= 0.6 is 12.2 Å². The first-order valence-corrected chi connectivity index (χ1v) is 6.55. The quantitative estimate of drug-likeness (QED) is 0.775. The predicted molar refractivity (Wildman–Crippen MR) is 78.4 cm³/mol. The highest BCUT2D eigenvalue weighted by molar-refractivity contribution is 7.80. The largest absolute Gasteiger partial charge is 0.393 e. The Balaban J connectivity index is 2.34. The molecule has 3 nitrogen and oxygen atoms in total. The van der Waals surface area contributed by atoms with Gasteiger partial charge in [0.1, 0.15) is 0 Å². The molecule has 98 valence electrons. The van der Waals surface area contributed by atoms with Gasteiger partial charge < -0.3 is 11.1 Å². The molecule has 0 aromatic heterocycles. The van der Waals surface area contributed by atoms with Crippen molar-refractivity contribution in [1.82, 2.24) is 5.32 Å². The van der Waals surface area contributed by atoms with Crippen molar-refractivity contribution >= 4 is 23.1 Å². The van der Waals surface area contributed by atoms with Gasteiger partial charge in [-0.1, -0.05) is 49.5 Å². The second kappa shape index (κ2) is 7.11. The van der Waals surface area contributed by atoms with Gasteiger partial charge in [0.05, 0.1) is 10.9 Å². The molecule has 2 unspecified atom stereocenters. The van der Waals surface area contributed by atoms with Gasteiger partial charge in [-0.3, -0.25) is 4.79 Å². The van der Waals surface area contributed by atoms with Gasteiger partial charge in [0.25, 0.3) is 0 Å². The molecule has 4 heteroatoms. The van der Waals surface area contributed by atoms with E-state index in [1.54, 1.807) is 6.92 Å². The van der Waals surface area contributed by atoms with Gasteiger partial charge in [-0.25, -0.2) is 0 Å². The number of nitrogens with one attached hydrogen (secondary N) is 1. The van der Waals surface area contributed by atoms with Gasteiger partial charge in [0, 0.05) is 6.54 Å². The summed E-state index contributed by atoms with van der Waals surface area (Å²) >= 11 is 4.79. The Kier molecular flexibility index (Phi) is 5.78. The first kappa shape index (κ1) is 14.6. The van der Waals surface area contributed by atoms with Gasteiger partial charge in [-0.2, -0.15) is 0 Å². The third kappa shape index (κ3) is 4.45. The summed E-state index contributed by atoms with van der Waals surface area (Å²) in [5, 5.41) is 2.86. The summed E-state index contributed by atoms with van der Waals surface area (Å²) in [7, 11) is 0. The molecule has 18 heavy (non-hydrogen) atoms. The van der Waals surface area contributed by atoms with Crippen LogP contribution in [0.5, 0.6) is 0 Å². The number of hydrogen-bond acceptors (Lipinski definition) is 2. The SMILES string of the molecule is CC(C(=O)NCCC(C)c1ccccc1)C(N)=S. The average Bonchev–Trinajstić information content (AvgIpc) is 2.38. The number of amides is 1. The Labute approximate surface area is 114 Å². The lowest BCUT2D eigenvalue weighted by atomic mass is 9.98. The zero-order chi connectivity index (χ0) is 13.5. The van der Waals surface area contributed by atoms with E-state index in [9.17, 15) is 4.79 Å². The highest BCUT2D eigenvalue weighted by atomic mass is 32.1. The number of carbonyl (C=O) groups excluding carboxylic acids is 1. The summed E-state index contributed by atoms with van der Waals surface area (Å²) < 4.78 is 0. The van der Waals surface area contributed by atoms with Crippen molar-refractivity contribution in [2.75, 3.05) is 6.54 Å². The molecule has 0 saturated heterocycles. The first-order valence-electron chi connectivity index (χ1n) is 6.14. The van der Waals surface area contributed by atoms with Crippen molar-refractivity contribution in [2.24, 2.45) is 11.7 Å². The van der Waals surface area contributed by atoms with E-state index < -0.39 is 5.92 Å². The monoisotopic (exact) mass is 264 g/mol. The van der Waals surface area contributed by atoms with Crippen LogP contribution in [0.4, 0.5) is 0 Å². The summed E-state index contributed by atoms with van der Waals surface area (Å²) in [6.07, 6.45) is 0.903. The average molecular weight is 264 g/mol. The summed E-state index contributed by atoms with van der Waals surface area (Å²) in [6.45, 7) is 4.51. The van der Waals surface area contributed by atoms with Crippen LogP contribution in [0.15, 0.2) is 30.3 Å². The molecule has 0 saturated carbocycles. The predicted octanol–water partition coefficient (Wildman–Crippen LogP) is 2.22. The fourth-order valence-corrected chi connectivity index (χ4v) is 1.75. The Bertz CT molecular complexity index is 406.